The summed E-state index contributed by atoms with van der Waals surface area (Å²) in [6.07, 6.45) is 9.17. The van der Waals surface area contributed by atoms with Gasteiger partial charge in [0.25, 0.3) is 0 Å². The number of imidazole rings is 1. The molecule has 0 radical (unpaired) electrons. The van der Waals surface area contributed by atoms with E-state index in [1.807, 2.05) is 30.2 Å². The van der Waals surface area contributed by atoms with Crippen LogP contribution in [0.5, 0.6) is 0 Å². The van der Waals surface area contributed by atoms with Crippen molar-refractivity contribution >= 4 is 38.1 Å². The summed E-state index contributed by atoms with van der Waals surface area (Å²) in [6, 6.07) is 8.53. The van der Waals surface area contributed by atoms with Crippen LogP contribution in [0.1, 0.15) is 18.5 Å². The van der Waals surface area contributed by atoms with Crippen LogP contribution in [0.2, 0.25) is 0 Å². The highest BCUT2D eigenvalue weighted by Crippen LogP contribution is 2.27. The van der Waals surface area contributed by atoms with Gasteiger partial charge in [-0.3, -0.25) is 9.67 Å². The van der Waals surface area contributed by atoms with Crippen molar-refractivity contribution in [3.8, 4) is 11.1 Å². The van der Waals surface area contributed by atoms with E-state index in [-0.39, 0.29) is 6.04 Å². The zero-order valence-electron chi connectivity index (χ0n) is 15.3. The minimum Gasteiger partial charge on any atom is -0.307 e. The van der Waals surface area contributed by atoms with Crippen molar-refractivity contribution in [3.05, 3.63) is 65.5 Å². The topological polar surface area (TPSA) is 74.3 Å². The Morgan fingerprint density at radius 1 is 1.00 bits per heavy atom. The number of aryl methyl sites for hydroxylation is 1. The van der Waals surface area contributed by atoms with E-state index >= 15 is 0 Å². The lowest BCUT2D eigenvalue weighted by molar-refractivity contribution is 0.652. The number of aromatic nitrogens is 7. The molecule has 138 valence electrons. The number of nitrogens with zero attached hydrogens (tertiary/aromatic N) is 7. The van der Waals surface area contributed by atoms with E-state index in [2.05, 4.69) is 72.2 Å². The van der Waals surface area contributed by atoms with Crippen molar-refractivity contribution in [2.45, 2.75) is 13.0 Å². The molecular formula is C20H16BrN7. The van der Waals surface area contributed by atoms with Crippen LogP contribution >= 0.6 is 15.9 Å². The molecule has 5 aromatic rings. The van der Waals surface area contributed by atoms with Gasteiger partial charge in [-0.25, -0.2) is 15.0 Å². The van der Waals surface area contributed by atoms with Gasteiger partial charge in [-0.2, -0.15) is 5.10 Å². The molecule has 0 spiro atoms. The van der Waals surface area contributed by atoms with Gasteiger partial charge in [0.2, 0.25) is 0 Å². The lowest BCUT2D eigenvalue weighted by Crippen LogP contribution is -2.06. The third-order valence-corrected chi connectivity index (χ3v) is 5.28. The minimum atomic E-state index is 0.0556. The van der Waals surface area contributed by atoms with Crippen molar-refractivity contribution in [3.63, 3.8) is 0 Å². The number of rotatable bonds is 3. The highest BCUT2D eigenvalue weighted by atomic mass is 79.9. The van der Waals surface area contributed by atoms with Crippen LogP contribution in [0.25, 0.3) is 33.3 Å². The first-order chi connectivity index (χ1) is 13.6. The van der Waals surface area contributed by atoms with Gasteiger partial charge >= 0.3 is 0 Å². The summed E-state index contributed by atoms with van der Waals surface area (Å²) >= 11 is 3.39. The fraction of sp³-hybridized carbons (Fsp3) is 0.150. The zero-order chi connectivity index (χ0) is 19.3. The minimum absolute atomic E-state index is 0.0556. The summed E-state index contributed by atoms with van der Waals surface area (Å²) in [6.45, 7) is 2.13. The number of fused-ring (bicyclic) bond motifs is 2. The van der Waals surface area contributed by atoms with E-state index in [4.69, 9.17) is 0 Å². The molecule has 1 unspecified atom stereocenters. The van der Waals surface area contributed by atoms with Gasteiger partial charge in [0.15, 0.2) is 11.3 Å². The quantitative estimate of drug-likeness (QED) is 0.427. The molecule has 0 aliphatic carbocycles. The van der Waals surface area contributed by atoms with Crippen LogP contribution in [0.3, 0.4) is 0 Å². The smallest absolute Gasteiger partial charge is 0.197 e. The molecule has 0 N–H and O–H groups in total. The highest BCUT2D eigenvalue weighted by Gasteiger charge is 2.14. The Hall–Kier alpha value is -3.13. The molecule has 0 saturated heterocycles. The summed E-state index contributed by atoms with van der Waals surface area (Å²) in [5.41, 5.74) is 5.60. The Morgan fingerprint density at radius 3 is 2.71 bits per heavy atom. The number of benzene rings is 1. The lowest BCUT2D eigenvalue weighted by Gasteiger charge is -2.15. The predicted octanol–water partition coefficient (Wildman–Crippen LogP) is 4.15. The zero-order valence-corrected chi connectivity index (χ0v) is 16.9. The monoisotopic (exact) mass is 433 g/mol. The van der Waals surface area contributed by atoms with Crippen molar-refractivity contribution in [1.82, 2.24) is 34.3 Å². The van der Waals surface area contributed by atoms with E-state index in [0.29, 0.717) is 10.3 Å². The van der Waals surface area contributed by atoms with Crippen LogP contribution in [0, 0.1) is 0 Å². The van der Waals surface area contributed by atoms with Crippen LogP contribution in [-0.2, 0) is 7.05 Å². The Balaban J connectivity index is 1.58. The maximum atomic E-state index is 4.61. The van der Waals surface area contributed by atoms with Gasteiger partial charge in [-0.1, -0.05) is 6.07 Å². The molecule has 0 aliphatic rings. The molecule has 4 heterocycles. The molecular weight excluding hydrogens is 418 g/mol. The molecule has 7 nitrogen and oxygen atoms in total. The molecule has 5 rings (SSSR count). The largest absolute Gasteiger partial charge is 0.307 e. The van der Waals surface area contributed by atoms with Gasteiger partial charge in [0.05, 0.1) is 30.3 Å². The Kier molecular flexibility index (Phi) is 3.94. The first-order valence-corrected chi connectivity index (χ1v) is 9.61. The molecule has 1 aromatic carbocycles. The van der Waals surface area contributed by atoms with E-state index in [1.54, 1.807) is 17.2 Å². The summed E-state index contributed by atoms with van der Waals surface area (Å²) in [4.78, 5) is 17.8. The van der Waals surface area contributed by atoms with Gasteiger partial charge in [-0.05, 0) is 46.6 Å². The van der Waals surface area contributed by atoms with Crippen LogP contribution in [0.15, 0.2) is 60.0 Å². The Bertz CT molecular complexity index is 1320. The van der Waals surface area contributed by atoms with Crippen LogP contribution in [0.4, 0.5) is 0 Å². The highest BCUT2D eigenvalue weighted by molar-refractivity contribution is 9.10. The number of pyridine rings is 1. The second kappa shape index (κ2) is 6.49. The molecule has 0 aliphatic heterocycles. The molecule has 0 fully saturated rings. The van der Waals surface area contributed by atoms with Gasteiger partial charge in [0, 0.05) is 36.0 Å². The van der Waals surface area contributed by atoms with Gasteiger partial charge in [0.1, 0.15) is 4.60 Å². The average Bonchev–Trinajstić information content (AvgIpc) is 3.32. The van der Waals surface area contributed by atoms with Crippen molar-refractivity contribution in [2.24, 2.45) is 7.05 Å². The summed E-state index contributed by atoms with van der Waals surface area (Å²) in [5, 5.41) is 5.34. The van der Waals surface area contributed by atoms with E-state index in [9.17, 15) is 0 Å². The number of hydrogen-bond donors (Lipinski definition) is 0. The summed E-state index contributed by atoms with van der Waals surface area (Å²) < 4.78 is 4.52. The number of hydrogen-bond acceptors (Lipinski definition) is 5. The normalized spacial score (nSPS) is 12.7. The third kappa shape index (κ3) is 2.86. The van der Waals surface area contributed by atoms with Gasteiger partial charge in [-0.15, -0.1) is 0 Å². The molecule has 1 atom stereocenters. The molecule has 8 heteroatoms. The molecule has 0 amide bonds. The van der Waals surface area contributed by atoms with Crippen molar-refractivity contribution in [1.29, 1.82) is 0 Å². The molecule has 28 heavy (non-hydrogen) atoms. The SMILES string of the molecule is CC(c1ccc2ncc(-c3cnn(C)c3)cc2c1)n1cnc2ncc(Br)nc21. The standard InChI is InChI=1S/C20H16BrN7/c1-12(28-11-24-19-20(28)26-18(21)9-23-19)13-3-4-17-14(5-13)6-15(7-22-17)16-8-25-27(2)10-16/h3-12H,1-2H3. The second-order valence-corrected chi connectivity index (χ2v) is 7.56. The fourth-order valence-electron chi connectivity index (χ4n) is 3.37. The van der Waals surface area contributed by atoms with E-state index in [1.165, 1.54) is 0 Å². The lowest BCUT2D eigenvalue weighted by atomic mass is 10.0. The maximum absolute atomic E-state index is 4.61. The second-order valence-electron chi connectivity index (χ2n) is 6.75. The Morgan fingerprint density at radius 2 is 1.89 bits per heavy atom. The summed E-state index contributed by atoms with van der Waals surface area (Å²) in [7, 11) is 1.91. The maximum Gasteiger partial charge on any atom is 0.197 e. The van der Waals surface area contributed by atoms with Crippen molar-refractivity contribution in [2.75, 3.05) is 0 Å². The van der Waals surface area contributed by atoms with E-state index in [0.717, 1.165) is 33.2 Å². The average molecular weight is 434 g/mol. The van der Waals surface area contributed by atoms with Gasteiger partial charge < -0.3 is 4.57 Å². The first kappa shape index (κ1) is 17.0. The predicted molar refractivity (Wildman–Crippen MR) is 111 cm³/mol. The fourth-order valence-corrected chi connectivity index (χ4v) is 3.64. The molecule has 0 bridgehead atoms. The third-order valence-electron chi connectivity index (χ3n) is 4.90. The first-order valence-electron chi connectivity index (χ1n) is 8.82. The summed E-state index contributed by atoms with van der Waals surface area (Å²) in [5.74, 6) is 0. The molecule has 4 aromatic heterocycles. The van der Waals surface area contributed by atoms with Crippen molar-refractivity contribution < 1.29 is 0 Å². The number of halogens is 1. The van der Waals surface area contributed by atoms with Crippen LogP contribution < -0.4 is 0 Å². The van der Waals surface area contributed by atoms with Crippen LogP contribution in [-0.4, -0.2) is 34.3 Å². The molecule has 0 saturated carbocycles. The van der Waals surface area contributed by atoms with E-state index < -0.39 is 0 Å². The Labute approximate surface area is 169 Å².